The molecular formula is C22H20ClN3O2. The number of alkyl halides is 1. The van der Waals surface area contributed by atoms with E-state index in [9.17, 15) is 0 Å². The van der Waals surface area contributed by atoms with Gasteiger partial charge in [-0.1, -0.05) is 18.2 Å². The minimum absolute atomic E-state index is 0.0815. The number of nitrogens with zero attached hydrogens (tertiary/aromatic N) is 3. The molecule has 3 aromatic rings. The molecule has 0 saturated carbocycles. The van der Waals surface area contributed by atoms with Crippen molar-refractivity contribution in [1.82, 2.24) is 9.78 Å². The van der Waals surface area contributed by atoms with E-state index in [-0.39, 0.29) is 6.23 Å². The molecule has 0 spiro atoms. The molecule has 1 aromatic heterocycles. The van der Waals surface area contributed by atoms with E-state index in [2.05, 4.69) is 6.07 Å². The zero-order chi connectivity index (χ0) is 19.3. The highest BCUT2D eigenvalue weighted by Gasteiger charge is 2.21. The highest BCUT2D eigenvalue weighted by atomic mass is 35.5. The Bertz CT molecular complexity index is 986. The van der Waals surface area contributed by atoms with E-state index in [4.69, 9.17) is 31.4 Å². The second kappa shape index (κ2) is 8.47. The van der Waals surface area contributed by atoms with Crippen molar-refractivity contribution in [1.29, 1.82) is 5.26 Å². The van der Waals surface area contributed by atoms with Gasteiger partial charge in [-0.25, -0.2) is 4.68 Å². The van der Waals surface area contributed by atoms with Crippen molar-refractivity contribution in [3.8, 4) is 28.8 Å². The fourth-order valence-electron chi connectivity index (χ4n) is 3.26. The maximum Gasteiger partial charge on any atom is 0.173 e. The van der Waals surface area contributed by atoms with Gasteiger partial charge in [-0.2, -0.15) is 10.4 Å². The van der Waals surface area contributed by atoms with Crippen LogP contribution in [0.1, 0.15) is 36.6 Å². The summed E-state index contributed by atoms with van der Waals surface area (Å²) in [6, 6.07) is 17.1. The first-order chi connectivity index (χ1) is 13.8. The molecule has 0 amide bonds. The van der Waals surface area contributed by atoms with E-state index in [1.165, 1.54) is 0 Å². The van der Waals surface area contributed by atoms with Gasteiger partial charge in [-0.15, -0.1) is 11.6 Å². The standard InChI is InChI=1S/C22H20ClN3O2/c23-13-17-4-3-5-18(12-17)22-20(28-19-9-7-16(14-24)8-10-19)15-26(25-22)21-6-1-2-11-27-21/h3-5,7-10,12,15,21H,1-2,6,11,13H2. The minimum atomic E-state index is -0.0815. The Morgan fingerprint density at radius 1 is 1.21 bits per heavy atom. The number of hydrogen-bond donors (Lipinski definition) is 0. The lowest BCUT2D eigenvalue weighted by molar-refractivity contribution is -0.0394. The molecule has 28 heavy (non-hydrogen) atoms. The van der Waals surface area contributed by atoms with Crippen LogP contribution >= 0.6 is 11.6 Å². The third-order valence-corrected chi connectivity index (χ3v) is 5.02. The van der Waals surface area contributed by atoms with Gasteiger partial charge in [0.25, 0.3) is 0 Å². The van der Waals surface area contributed by atoms with Crippen molar-refractivity contribution >= 4 is 11.6 Å². The highest BCUT2D eigenvalue weighted by Crippen LogP contribution is 2.35. The molecule has 1 aliphatic heterocycles. The van der Waals surface area contributed by atoms with Gasteiger partial charge in [-0.05, 0) is 55.2 Å². The van der Waals surface area contributed by atoms with Crippen LogP contribution in [0.25, 0.3) is 11.3 Å². The van der Waals surface area contributed by atoms with Crippen molar-refractivity contribution in [2.24, 2.45) is 0 Å². The van der Waals surface area contributed by atoms with Crippen molar-refractivity contribution in [2.45, 2.75) is 31.4 Å². The number of ether oxygens (including phenoxy) is 2. The van der Waals surface area contributed by atoms with Crippen LogP contribution in [0.5, 0.6) is 11.5 Å². The average Bonchev–Trinajstić information content (AvgIpc) is 3.19. The monoisotopic (exact) mass is 393 g/mol. The highest BCUT2D eigenvalue weighted by molar-refractivity contribution is 6.17. The summed E-state index contributed by atoms with van der Waals surface area (Å²) in [5.41, 5.74) is 3.29. The molecule has 1 saturated heterocycles. The number of nitriles is 1. The normalized spacial score (nSPS) is 16.5. The van der Waals surface area contributed by atoms with E-state index in [0.29, 0.717) is 22.9 Å². The Kier molecular flexibility index (Phi) is 5.61. The molecule has 2 heterocycles. The number of rotatable bonds is 5. The molecule has 1 fully saturated rings. The summed E-state index contributed by atoms with van der Waals surface area (Å²) in [7, 11) is 0. The molecular weight excluding hydrogens is 374 g/mol. The van der Waals surface area contributed by atoms with E-state index in [0.717, 1.165) is 42.7 Å². The van der Waals surface area contributed by atoms with E-state index >= 15 is 0 Å². The summed E-state index contributed by atoms with van der Waals surface area (Å²) in [5.74, 6) is 1.73. The van der Waals surface area contributed by atoms with E-state index < -0.39 is 0 Å². The van der Waals surface area contributed by atoms with E-state index in [1.807, 2.05) is 35.1 Å². The Morgan fingerprint density at radius 2 is 2.07 bits per heavy atom. The first-order valence-electron chi connectivity index (χ1n) is 9.31. The summed E-state index contributed by atoms with van der Waals surface area (Å²) >= 11 is 6.01. The lowest BCUT2D eigenvalue weighted by Crippen LogP contribution is -2.18. The molecule has 1 unspecified atom stereocenters. The van der Waals surface area contributed by atoms with Gasteiger partial charge in [0.15, 0.2) is 5.75 Å². The second-order valence-corrected chi connectivity index (χ2v) is 6.98. The van der Waals surface area contributed by atoms with Crippen molar-refractivity contribution in [3.05, 3.63) is 65.9 Å². The summed E-state index contributed by atoms with van der Waals surface area (Å²) in [4.78, 5) is 0. The second-order valence-electron chi connectivity index (χ2n) is 6.72. The molecule has 5 nitrogen and oxygen atoms in total. The smallest absolute Gasteiger partial charge is 0.173 e. The van der Waals surface area contributed by atoms with Gasteiger partial charge >= 0.3 is 0 Å². The number of halogens is 1. The van der Waals surface area contributed by atoms with Gasteiger partial charge in [-0.3, -0.25) is 0 Å². The predicted octanol–water partition coefficient (Wildman–Crippen LogP) is 5.65. The molecule has 2 aromatic carbocycles. The Morgan fingerprint density at radius 3 is 2.79 bits per heavy atom. The maximum atomic E-state index is 8.98. The minimum Gasteiger partial charge on any atom is -0.453 e. The zero-order valence-electron chi connectivity index (χ0n) is 15.3. The summed E-state index contributed by atoms with van der Waals surface area (Å²) in [5, 5.41) is 13.8. The molecule has 0 aliphatic carbocycles. The van der Waals surface area contributed by atoms with Crippen LogP contribution in [0.15, 0.2) is 54.7 Å². The molecule has 0 N–H and O–H groups in total. The summed E-state index contributed by atoms with van der Waals surface area (Å²) < 4.78 is 13.9. The summed E-state index contributed by atoms with van der Waals surface area (Å²) in [6.45, 7) is 0.743. The van der Waals surface area contributed by atoms with Gasteiger partial charge in [0.1, 0.15) is 17.7 Å². The third-order valence-electron chi connectivity index (χ3n) is 4.72. The van der Waals surface area contributed by atoms with Crippen LogP contribution in [-0.2, 0) is 10.6 Å². The van der Waals surface area contributed by atoms with Crippen LogP contribution in [0, 0.1) is 11.3 Å². The fraction of sp³-hybridized carbons (Fsp3) is 0.273. The first kappa shape index (κ1) is 18.5. The van der Waals surface area contributed by atoms with Crippen LogP contribution in [-0.4, -0.2) is 16.4 Å². The lowest BCUT2D eigenvalue weighted by Gasteiger charge is -2.22. The molecule has 0 bridgehead atoms. The topological polar surface area (TPSA) is 60.1 Å². The predicted molar refractivity (Wildman–Crippen MR) is 107 cm³/mol. The SMILES string of the molecule is N#Cc1ccc(Oc2cn(C3CCCCO3)nc2-c2cccc(CCl)c2)cc1. The van der Waals surface area contributed by atoms with Crippen molar-refractivity contribution in [2.75, 3.05) is 6.61 Å². The lowest BCUT2D eigenvalue weighted by atomic mass is 10.1. The molecule has 1 atom stereocenters. The number of hydrogen-bond acceptors (Lipinski definition) is 4. The number of aromatic nitrogens is 2. The first-order valence-corrected chi connectivity index (χ1v) is 9.84. The van der Waals surface area contributed by atoms with E-state index in [1.54, 1.807) is 24.3 Å². The summed E-state index contributed by atoms with van der Waals surface area (Å²) in [6.07, 6.45) is 4.93. The van der Waals surface area contributed by atoms with Crippen molar-refractivity contribution in [3.63, 3.8) is 0 Å². The Labute approximate surface area is 169 Å². The van der Waals surface area contributed by atoms with Gasteiger partial charge in [0.05, 0.1) is 17.8 Å². The van der Waals surface area contributed by atoms with Crippen molar-refractivity contribution < 1.29 is 9.47 Å². The Balaban J connectivity index is 1.71. The van der Waals surface area contributed by atoms with Crippen LogP contribution in [0.4, 0.5) is 0 Å². The molecule has 0 radical (unpaired) electrons. The fourth-order valence-corrected chi connectivity index (χ4v) is 3.42. The van der Waals surface area contributed by atoms with Crippen LogP contribution in [0.3, 0.4) is 0 Å². The van der Waals surface area contributed by atoms with Gasteiger partial charge in [0, 0.05) is 18.1 Å². The Hall–Kier alpha value is -2.81. The zero-order valence-corrected chi connectivity index (χ0v) is 16.1. The van der Waals surface area contributed by atoms with Gasteiger partial charge < -0.3 is 9.47 Å². The van der Waals surface area contributed by atoms with Crippen LogP contribution in [0.2, 0.25) is 0 Å². The average molecular weight is 394 g/mol. The quantitative estimate of drug-likeness (QED) is 0.525. The molecule has 142 valence electrons. The molecule has 6 heteroatoms. The number of benzene rings is 2. The molecule has 4 rings (SSSR count). The maximum absolute atomic E-state index is 8.98. The van der Waals surface area contributed by atoms with Crippen LogP contribution < -0.4 is 4.74 Å². The largest absolute Gasteiger partial charge is 0.453 e. The van der Waals surface area contributed by atoms with Gasteiger partial charge in [0.2, 0.25) is 0 Å². The third kappa shape index (κ3) is 4.04. The molecule has 1 aliphatic rings.